The van der Waals surface area contributed by atoms with Crippen molar-refractivity contribution in [3.8, 4) is 0 Å². The van der Waals surface area contributed by atoms with Gasteiger partial charge in [-0.05, 0) is 51.0 Å². The Balaban J connectivity index is 2.10. The van der Waals surface area contributed by atoms with Gasteiger partial charge in [0.2, 0.25) is 15.9 Å². The minimum Gasteiger partial charge on any atom is -0.352 e. The zero-order valence-corrected chi connectivity index (χ0v) is 15.6. The second-order valence-electron chi connectivity index (χ2n) is 6.86. The molecular formula is C17H26FN3O3S. The minimum atomic E-state index is -4.12. The largest absolute Gasteiger partial charge is 0.352 e. The van der Waals surface area contributed by atoms with E-state index in [4.69, 9.17) is 0 Å². The fourth-order valence-corrected chi connectivity index (χ4v) is 4.25. The van der Waals surface area contributed by atoms with Gasteiger partial charge in [-0.15, -0.1) is 0 Å². The van der Waals surface area contributed by atoms with Crippen LogP contribution in [0.25, 0.3) is 0 Å². The highest BCUT2D eigenvalue weighted by molar-refractivity contribution is 7.89. The first-order chi connectivity index (χ1) is 11.7. The number of carbonyl (C=O) groups is 1. The van der Waals surface area contributed by atoms with Crippen LogP contribution >= 0.6 is 0 Å². The Morgan fingerprint density at radius 3 is 2.40 bits per heavy atom. The molecule has 0 bridgehead atoms. The van der Waals surface area contributed by atoms with E-state index in [0.29, 0.717) is 0 Å². The van der Waals surface area contributed by atoms with Crippen LogP contribution in [0, 0.1) is 11.7 Å². The summed E-state index contributed by atoms with van der Waals surface area (Å²) in [6.07, 6.45) is 1.65. The van der Waals surface area contributed by atoms with Crippen molar-refractivity contribution in [2.24, 2.45) is 5.92 Å². The molecule has 1 aliphatic heterocycles. The third-order valence-corrected chi connectivity index (χ3v) is 5.90. The lowest BCUT2D eigenvalue weighted by atomic mass is 10.0. The number of benzene rings is 1. The van der Waals surface area contributed by atoms with Crippen molar-refractivity contribution in [1.29, 1.82) is 0 Å². The predicted molar refractivity (Wildman–Crippen MR) is 94.0 cm³/mol. The van der Waals surface area contributed by atoms with Crippen LogP contribution in [-0.2, 0) is 14.8 Å². The number of sulfonamides is 1. The average Bonchev–Trinajstić information content (AvgIpc) is 2.54. The van der Waals surface area contributed by atoms with Crippen molar-refractivity contribution in [3.05, 3.63) is 30.1 Å². The Morgan fingerprint density at radius 2 is 1.84 bits per heavy atom. The maximum absolute atomic E-state index is 13.8. The molecule has 1 heterocycles. The molecule has 6 nitrogen and oxygen atoms in total. The van der Waals surface area contributed by atoms with E-state index in [0.717, 1.165) is 32.0 Å². The Bertz CT molecular complexity index is 701. The summed E-state index contributed by atoms with van der Waals surface area (Å²) in [5.74, 6) is -1.48. The highest BCUT2D eigenvalue weighted by Gasteiger charge is 2.31. The molecule has 0 unspecified atom stereocenters. The van der Waals surface area contributed by atoms with Crippen LogP contribution in [0.5, 0.6) is 0 Å². The van der Waals surface area contributed by atoms with Gasteiger partial charge in [0.15, 0.2) is 0 Å². The zero-order valence-electron chi connectivity index (χ0n) is 14.8. The number of nitrogens with zero attached hydrogens (tertiary/aromatic N) is 1. The fraction of sp³-hybridized carbons (Fsp3) is 0.588. The van der Waals surface area contributed by atoms with Gasteiger partial charge in [-0.25, -0.2) is 12.8 Å². The zero-order chi connectivity index (χ0) is 18.6. The van der Waals surface area contributed by atoms with Crippen molar-refractivity contribution in [2.45, 2.75) is 43.7 Å². The van der Waals surface area contributed by atoms with E-state index >= 15 is 0 Å². The molecule has 1 amide bonds. The molecule has 8 heteroatoms. The lowest BCUT2D eigenvalue weighted by Crippen LogP contribution is -2.53. The quantitative estimate of drug-likeness (QED) is 0.791. The van der Waals surface area contributed by atoms with Crippen LogP contribution in [0.3, 0.4) is 0 Å². The van der Waals surface area contributed by atoms with E-state index < -0.39 is 26.8 Å². The number of rotatable bonds is 6. The fourth-order valence-electron chi connectivity index (χ4n) is 2.83. The Labute approximate surface area is 148 Å². The van der Waals surface area contributed by atoms with Crippen LogP contribution in [0.1, 0.15) is 26.7 Å². The number of nitrogens with one attached hydrogen (secondary N) is 2. The second kappa shape index (κ2) is 8.25. The molecule has 1 saturated heterocycles. The molecular weight excluding hydrogens is 345 g/mol. The number of carbonyl (C=O) groups excluding carboxylic acids is 1. The van der Waals surface area contributed by atoms with E-state index in [9.17, 15) is 17.6 Å². The molecule has 0 spiro atoms. The minimum absolute atomic E-state index is 0.0305. The van der Waals surface area contributed by atoms with Crippen LogP contribution in [-0.4, -0.2) is 51.4 Å². The monoisotopic (exact) mass is 371 g/mol. The molecule has 1 aromatic carbocycles. The van der Waals surface area contributed by atoms with Crippen molar-refractivity contribution >= 4 is 15.9 Å². The van der Waals surface area contributed by atoms with Gasteiger partial charge in [-0.1, -0.05) is 26.0 Å². The van der Waals surface area contributed by atoms with E-state index in [2.05, 4.69) is 14.9 Å². The van der Waals surface area contributed by atoms with Crippen LogP contribution in [0.4, 0.5) is 4.39 Å². The normalized spacial score (nSPS) is 18.3. The van der Waals surface area contributed by atoms with E-state index in [1.165, 1.54) is 18.2 Å². The summed E-state index contributed by atoms with van der Waals surface area (Å²) in [6, 6.07) is 4.20. The number of likely N-dealkylation sites (tertiary alicyclic amines) is 1. The van der Waals surface area contributed by atoms with Gasteiger partial charge in [0.25, 0.3) is 0 Å². The molecule has 2 rings (SSSR count). The molecule has 1 fully saturated rings. The van der Waals surface area contributed by atoms with Crippen molar-refractivity contribution in [1.82, 2.24) is 14.9 Å². The molecule has 0 radical (unpaired) electrons. The Hall–Kier alpha value is -1.51. The molecule has 2 N–H and O–H groups in total. The topological polar surface area (TPSA) is 78.5 Å². The summed E-state index contributed by atoms with van der Waals surface area (Å²) in [6.45, 7) is 5.28. The Kier molecular flexibility index (Phi) is 6.53. The van der Waals surface area contributed by atoms with Crippen LogP contribution in [0.2, 0.25) is 0 Å². The second-order valence-corrected chi connectivity index (χ2v) is 8.54. The first kappa shape index (κ1) is 19.8. The summed E-state index contributed by atoms with van der Waals surface area (Å²) >= 11 is 0. The van der Waals surface area contributed by atoms with Gasteiger partial charge in [-0.3, -0.25) is 4.79 Å². The predicted octanol–water partition coefficient (Wildman–Crippen LogP) is 1.34. The summed E-state index contributed by atoms with van der Waals surface area (Å²) in [7, 11) is -2.10. The lowest BCUT2D eigenvalue weighted by Gasteiger charge is -2.31. The third-order valence-electron chi connectivity index (χ3n) is 4.42. The maximum Gasteiger partial charge on any atom is 0.244 e. The molecule has 0 saturated carbocycles. The molecule has 140 valence electrons. The van der Waals surface area contributed by atoms with E-state index in [1.807, 2.05) is 7.05 Å². The molecule has 1 aromatic rings. The number of amides is 1. The van der Waals surface area contributed by atoms with Crippen molar-refractivity contribution in [3.63, 3.8) is 0 Å². The molecule has 1 atom stereocenters. The van der Waals surface area contributed by atoms with Crippen LogP contribution < -0.4 is 10.0 Å². The first-order valence-corrected chi connectivity index (χ1v) is 9.95. The van der Waals surface area contributed by atoms with Gasteiger partial charge in [-0.2, -0.15) is 4.72 Å². The standard InChI is InChI=1S/C17H26FN3O3S/c1-12(2)16(17(22)19-13-8-10-21(3)11-9-13)20-25(23,24)15-7-5-4-6-14(15)18/h4-7,12-13,16,20H,8-11H2,1-3H3,(H,19,22)/t16-/m0/s1. The average molecular weight is 371 g/mol. The van der Waals surface area contributed by atoms with Gasteiger partial charge in [0.1, 0.15) is 16.8 Å². The first-order valence-electron chi connectivity index (χ1n) is 8.46. The third kappa shape index (κ3) is 5.23. The Morgan fingerprint density at radius 1 is 1.24 bits per heavy atom. The van der Waals surface area contributed by atoms with Gasteiger partial charge in [0, 0.05) is 6.04 Å². The van der Waals surface area contributed by atoms with Gasteiger partial charge in [0.05, 0.1) is 0 Å². The molecule has 0 aliphatic carbocycles. The number of hydrogen-bond donors (Lipinski definition) is 2. The van der Waals surface area contributed by atoms with E-state index in [-0.39, 0.29) is 17.9 Å². The number of hydrogen-bond acceptors (Lipinski definition) is 4. The molecule has 0 aromatic heterocycles. The number of halogens is 1. The highest BCUT2D eigenvalue weighted by Crippen LogP contribution is 2.16. The SMILES string of the molecule is CC(C)[C@H](NS(=O)(=O)c1ccccc1F)C(=O)NC1CCN(C)CC1. The smallest absolute Gasteiger partial charge is 0.244 e. The van der Waals surface area contributed by atoms with Crippen molar-refractivity contribution < 1.29 is 17.6 Å². The summed E-state index contributed by atoms with van der Waals surface area (Å²) < 4.78 is 41.1. The van der Waals surface area contributed by atoms with Crippen molar-refractivity contribution in [2.75, 3.05) is 20.1 Å². The summed E-state index contributed by atoms with van der Waals surface area (Å²) in [5, 5.41) is 2.92. The van der Waals surface area contributed by atoms with Crippen LogP contribution in [0.15, 0.2) is 29.2 Å². The highest BCUT2D eigenvalue weighted by atomic mass is 32.2. The maximum atomic E-state index is 13.8. The summed E-state index contributed by atoms with van der Waals surface area (Å²) in [4.78, 5) is 14.3. The van der Waals surface area contributed by atoms with Gasteiger partial charge >= 0.3 is 0 Å². The summed E-state index contributed by atoms with van der Waals surface area (Å²) in [5.41, 5.74) is 0. The number of piperidine rings is 1. The van der Waals surface area contributed by atoms with E-state index in [1.54, 1.807) is 13.8 Å². The van der Waals surface area contributed by atoms with Gasteiger partial charge < -0.3 is 10.2 Å². The molecule has 1 aliphatic rings. The molecule has 25 heavy (non-hydrogen) atoms. The lowest BCUT2D eigenvalue weighted by molar-refractivity contribution is -0.124.